The maximum Gasteiger partial charge on any atom is 0.233 e. The SMILES string of the molecule is C[C@@H](Br)C(=O)NCCc1ccccc1. The first-order valence-corrected chi connectivity index (χ1v) is 5.57. The molecule has 76 valence electrons. The van der Waals surface area contributed by atoms with E-state index < -0.39 is 0 Å². The van der Waals surface area contributed by atoms with Gasteiger partial charge in [0, 0.05) is 6.54 Å². The topological polar surface area (TPSA) is 29.1 Å². The number of carbonyl (C=O) groups is 1. The van der Waals surface area contributed by atoms with E-state index in [0.29, 0.717) is 6.54 Å². The number of hydrogen-bond donors (Lipinski definition) is 1. The molecule has 0 radical (unpaired) electrons. The average Bonchev–Trinajstić information content (AvgIpc) is 2.19. The molecule has 0 aromatic heterocycles. The minimum atomic E-state index is -0.113. The minimum Gasteiger partial charge on any atom is -0.355 e. The summed E-state index contributed by atoms with van der Waals surface area (Å²) in [6.45, 7) is 2.51. The Morgan fingerprint density at radius 2 is 2.07 bits per heavy atom. The Hall–Kier alpha value is -0.830. The molecule has 1 aromatic rings. The molecule has 2 nitrogen and oxygen atoms in total. The molecule has 0 heterocycles. The molecule has 3 heteroatoms. The molecule has 1 aromatic carbocycles. The van der Waals surface area contributed by atoms with Gasteiger partial charge in [0.25, 0.3) is 0 Å². The maximum absolute atomic E-state index is 11.2. The Balaban J connectivity index is 2.26. The lowest BCUT2D eigenvalue weighted by atomic mass is 10.1. The van der Waals surface area contributed by atoms with E-state index in [9.17, 15) is 4.79 Å². The Morgan fingerprint density at radius 3 is 2.64 bits per heavy atom. The van der Waals surface area contributed by atoms with E-state index in [4.69, 9.17) is 0 Å². The second-order valence-corrected chi connectivity index (χ2v) is 4.52. The molecular weight excluding hydrogens is 242 g/mol. The zero-order valence-electron chi connectivity index (χ0n) is 8.16. The summed E-state index contributed by atoms with van der Waals surface area (Å²) < 4.78 is 0. The van der Waals surface area contributed by atoms with E-state index in [2.05, 4.69) is 33.4 Å². The van der Waals surface area contributed by atoms with Crippen LogP contribution in [0.5, 0.6) is 0 Å². The van der Waals surface area contributed by atoms with E-state index in [-0.39, 0.29) is 10.7 Å². The van der Waals surface area contributed by atoms with Crippen molar-refractivity contribution in [2.24, 2.45) is 0 Å². The number of amides is 1. The van der Waals surface area contributed by atoms with Gasteiger partial charge in [-0.15, -0.1) is 0 Å². The second-order valence-electron chi connectivity index (χ2n) is 3.14. The van der Waals surface area contributed by atoms with Gasteiger partial charge in [-0.2, -0.15) is 0 Å². The smallest absolute Gasteiger partial charge is 0.233 e. The molecule has 0 saturated carbocycles. The van der Waals surface area contributed by atoms with Crippen molar-refractivity contribution in [2.45, 2.75) is 18.2 Å². The number of hydrogen-bond acceptors (Lipinski definition) is 1. The second kappa shape index (κ2) is 5.81. The van der Waals surface area contributed by atoms with Crippen molar-refractivity contribution in [3.8, 4) is 0 Å². The molecule has 1 amide bonds. The highest BCUT2D eigenvalue weighted by Gasteiger charge is 2.06. The monoisotopic (exact) mass is 255 g/mol. The highest BCUT2D eigenvalue weighted by Crippen LogP contribution is 1.99. The lowest BCUT2D eigenvalue weighted by Crippen LogP contribution is -2.30. The van der Waals surface area contributed by atoms with Gasteiger partial charge in [0.15, 0.2) is 0 Å². The van der Waals surface area contributed by atoms with E-state index in [1.54, 1.807) is 0 Å². The van der Waals surface area contributed by atoms with Crippen molar-refractivity contribution in [3.05, 3.63) is 35.9 Å². The summed E-state index contributed by atoms with van der Waals surface area (Å²) in [6, 6.07) is 10.1. The summed E-state index contributed by atoms with van der Waals surface area (Å²) in [6.07, 6.45) is 0.881. The Kier molecular flexibility index (Phi) is 4.66. The van der Waals surface area contributed by atoms with Crippen LogP contribution in [-0.4, -0.2) is 17.3 Å². The van der Waals surface area contributed by atoms with Crippen LogP contribution in [0.2, 0.25) is 0 Å². The van der Waals surface area contributed by atoms with Gasteiger partial charge in [-0.1, -0.05) is 46.3 Å². The highest BCUT2D eigenvalue weighted by atomic mass is 79.9. The van der Waals surface area contributed by atoms with E-state index >= 15 is 0 Å². The predicted molar refractivity (Wildman–Crippen MR) is 61.5 cm³/mol. The molecule has 1 atom stereocenters. The summed E-state index contributed by atoms with van der Waals surface area (Å²) in [5, 5.41) is 2.84. The van der Waals surface area contributed by atoms with Crippen molar-refractivity contribution >= 4 is 21.8 Å². The van der Waals surface area contributed by atoms with E-state index in [1.165, 1.54) is 5.56 Å². The Morgan fingerprint density at radius 1 is 1.43 bits per heavy atom. The molecule has 0 spiro atoms. The molecule has 0 aliphatic carbocycles. The fourth-order valence-electron chi connectivity index (χ4n) is 1.12. The molecule has 0 aliphatic heterocycles. The normalized spacial score (nSPS) is 12.1. The standard InChI is InChI=1S/C11H14BrNO/c1-9(12)11(14)13-8-7-10-5-3-2-4-6-10/h2-6,9H,7-8H2,1H3,(H,13,14)/t9-/m1/s1. The summed E-state index contributed by atoms with van der Waals surface area (Å²) in [4.78, 5) is 11.1. The zero-order valence-corrected chi connectivity index (χ0v) is 9.75. The summed E-state index contributed by atoms with van der Waals surface area (Å²) in [5.41, 5.74) is 1.25. The van der Waals surface area contributed by atoms with Crippen molar-refractivity contribution in [1.29, 1.82) is 0 Å². The molecular formula is C11H14BrNO. The molecule has 0 bridgehead atoms. The van der Waals surface area contributed by atoms with E-state index in [0.717, 1.165) is 6.42 Å². The van der Waals surface area contributed by atoms with Crippen molar-refractivity contribution in [1.82, 2.24) is 5.32 Å². The van der Waals surface area contributed by atoms with Gasteiger partial charge in [0.1, 0.15) is 0 Å². The van der Waals surface area contributed by atoms with Gasteiger partial charge < -0.3 is 5.32 Å². The van der Waals surface area contributed by atoms with Crippen LogP contribution in [0.15, 0.2) is 30.3 Å². The maximum atomic E-state index is 11.2. The first-order valence-electron chi connectivity index (χ1n) is 4.66. The van der Waals surface area contributed by atoms with Gasteiger partial charge >= 0.3 is 0 Å². The average molecular weight is 256 g/mol. The minimum absolute atomic E-state index is 0.0425. The van der Waals surface area contributed by atoms with Crippen LogP contribution in [0.4, 0.5) is 0 Å². The fraction of sp³-hybridized carbons (Fsp3) is 0.364. The van der Waals surface area contributed by atoms with Gasteiger partial charge in [-0.25, -0.2) is 0 Å². The molecule has 1 rings (SSSR count). The number of benzene rings is 1. The number of alkyl halides is 1. The molecule has 0 fully saturated rings. The molecule has 14 heavy (non-hydrogen) atoms. The van der Waals surface area contributed by atoms with Gasteiger partial charge in [0.2, 0.25) is 5.91 Å². The summed E-state index contributed by atoms with van der Waals surface area (Å²) in [7, 11) is 0. The quantitative estimate of drug-likeness (QED) is 0.821. The molecule has 0 aliphatic rings. The van der Waals surface area contributed by atoms with Crippen LogP contribution in [0.1, 0.15) is 12.5 Å². The summed E-state index contributed by atoms with van der Waals surface area (Å²) in [5.74, 6) is 0.0425. The number of nitrogens with one attached hydrogen (secondary N) is 1. The first-order chi connectivity index (χ1) is 6.70. The van der Waals surface area contributed by atoms with Crippen molar-refractivity contribution < 1.29 is 4.79 Å². The number of carbonyl (C=O) groups excluding carboxylic acids is 1. The Labute approximate surface area is 92.8 Å². The summed E-state index contributed by atoms with van der Waals surface area (Å²) >= 11 is 3.21. The van der Waals surface area contributed by atoms with Crippen molar-refractivity contribution in [2.75, 3.05) is 6.54 Å². The third-order valence-corrected chi connectivity index (χ3v) is 2.33. The number of rotatable bonds is 4. The van der Waals surface area contributed by atoms with Crippen LogP contribution in [0.3, 0.4) is 0 Å². The third-order valence-electron chi connectivity index (χ3n) is 1.92. The van der Waals surface area contributed by atoms with Gasteiger partial charge in [-0.05, 0) is 18.9 Å². The van der Waals surface area contributed by atoms with Crippen LogP contribution >= 0.6 is 15.9 Å². The predicted octanol–water partition coefficient (Wildman–Crippen LogP) is 2.13. The van der Waals surface area contributed by atoms with Crippen LogP contribution < -0.4 is 5.32 Å². The number of halogens is 1. The largest absolute Gasteiger partial charge is 0.355 e. The van der Waals surface area contributed by atoms with Crippen LogP contribution in [0, 0.1) is 0 Å². The lowest BCUT2D eigenvalue weighted by molar-refractivity contribution is -0.120. The lowest BCUT2D eigenvalue weighted by Gasteiger charge is -2.06. The zero-order chi connectivity index (χ0) is 10.4. The van der Waals surface area contributed by atoms with Gasteiger partial charge in [0.05, 0.1) is 4.83 Å². The van der Waals surface area contributed by atoms with Gasteiger partial charge in [-0.3, -0.25) is 4.79 Å². The molecule has 0 unspecified atom stereocenters. The van der Waals surface area contributed by atoms with Crippen LogP contribution in [0.25, 0.3) is 0 Å². The van der Waals surface area contributed by atoms with Crippen LogP contribution in [-0.2, 0) is 11.2 Å². The Bertz CT molecular complexity index is 285. The molecule has 0 saturated heterocycles. The van der Waals surface area contributed by atoms with E-state index in [1.807, 2.05) is 25.1 Å². The first kappa shape index (κ1) is 11.2. The highest BCUT2D eigenvalue weighted by molar-refractivity contribution is 9.10. The third kappa shape index (κ3) is 3.92. The molecule has 1 N–H and O–H groups in total. The fourth-order valence-corrected chi connectivity index (χ4v) is 1.28. The van der Waals surface area contributed by atoms with Crippen molar-refractivity contribution in [3.63, 3.8) is 0 Å².